The van der Waals surface area contributed by atoms with E-state index in [1.807, 2.05) is 30.5 Å². The fourth-order valence-corrected chi connectivity index (χ4v) is 4.75. The molecule has 0 bridgehead atoms. The summed E-state index contributed by atoms with van der Waals surface area (Å²) in [7, 11) is 0. The van der Waals surface area contributed by atoms with Crippen molar-refractivity contribution in [1.82, 2.24) is 30.9 Å². The summed E-state index contributed by atoms with van der Waals surface area (Å²) in [6, 6.07) is 3.43. The summed E-state index contributed by atoms with van der Waals surface area (Å²) >= 11 is 1.47. The average molecular weight is 572 g/mol. The van der Waals surface area contributed by atoms with Gasteiger partial charge in [-0.2, -0.15) is 11.8 Å². The molecule has 216 valence electrons. The van der Waals surface area contributed by atoms with Gasteiger partial charge in [0.25, 0.3) is 0 Å². The number of thioether (sulfide) groups is 1. The van der Waals surface area contributed by atoms with Crippen LogP contribution in [0.4, 0.5) is 0 Å². The number of nitrogens with zero attached hydrogens (tertiary/aromatic N) is 1. The van der Waals surface area contributed by atoms with Gasteiger partial charge in [-0.05, 0) is 36.0 Å². The molecule has 0 fully saturated rings. The van der Waals surface area contributed by atoms with E-state index >= 15 is 0 Å². The summed E-state index contributed by atoms with van der Waals surface area (Å²) in [4.78, 5) is 61.4. The number of hydrogen-bond acceptors (Lipinski definition) is 7. The maximum atomic E-state index is 13.5. The van der Waals surface area contributed by atoms with Gasteiger partial charge in [0.1, 0.15) is 18.1 Å². The van der Waals surface area contributed by atoms with E-state index in [2.05, 4.69) is 30.9 Å². The van der Waals surface area contributed by atoms with Crippen molar-refractivity contribution in [3.05, 3.63) is 54.2 Å². The normalized spacial score (nSPS) is 14.3. The summed E-state index contributed by atoms with van der Waals surface area (Å²) in [6.45, 7) is 3.53. The lowest BCUT2D eigenvalue weighted by Gasteiger charge is -2.27. The summed E-state index contributed by atoms with van der Waals surface area (Å²) < 4.78 is 0. The molecule has 0 aliphatic carbocycles. The van der Waals surface area contributed by atoms with E-state index in [9.17, 15) is 24.3 Å². The van der Waals surface area contributed by atoms with Gasteiger partial charge in [-0.15, -0.1) is 0 Å². The minimum Gasteiger partial charge on any atom is -0.480 e. The zero-order valence-corrected chi connectivity index (χ0v) is 23.6. The maximum Gasteiger partial charge on any atom is 0.326 e. The van der Waals surface area contributed by atoms with Crippen molar-refractivity contribution in [2.75, 3.05) is 12.0 Å². The Morgan fingerprint density at radius 2 is 1.73 bits per heavy atom. The van der Waals surface area contributed by atoms with Gasteiger partial charge in [-0.3, -0.25) is 14.4 Å². The Labute approximate surface area is 236 Å². The van der Waals surface area contributed by atoms with E-state index in [0.29, 0.717) is 11.4 Å². The molecule has 0 saturated heterocycles. The lowest BCUT2D eigenvalue weighted by Crippen LogP contribution is -2.59. The molecule has 1 aromatic carbocycles. The van der Waals surface area contributed by atoms with E-state index in [0.717, 1.165) is 16.5 Å². The number of amides is 3. The average Bonchev–Trinajstić information content (AvgIpc) is 3.58. The van der Waals surface area contributed by atoms with Crippen LogP contribution in [-0.2, 0) is 32.0 Å². The Morgan fingerprint density at radius 3 is 2.38 bits per heavy atom. The smallest absolute Gasteiger partial charge is 0.326 e. The van der Waals surface area contributed by atoms with Crippen LogP contribution >= 0.6 is 11.8 Å². The second-order valence-electron chi connectivity index (χ2n) is 9.92. The molecule has 3 amide bonds. The van der Waals surface area contributed by atoms with Crippen LogP contribution in [0.15, 0.2) is 43.0 Å². The lowest BCUT2D eigenvalue weighted by atomic mass is 9.99. The van der Waals surface area contributed by atoms with Crippen molar-refractivity contribution in [2.45, 2.75) is 57.3 Å². The number of carboxylic acid groups (broad SMARTS) is 1. The Kier molecular flexibility index (Phi) is 11.1. The Balaban J connectivity index is 1.79. The zero-order chi connectivity index (χ0) is 29.2. The highest BCUT2D eigenvalue weighted by Gasteiger charge is 2.32. The number of fused-ring (bicyclic) bond motifs is 1. The topological polar surface area (TPSA) is 195 Å². The second kappa shape index (κ2) is 14.5. The minimum absolute atomic E-state index is 0.106. The Bertz CT molecular complexity index is 1290. The van der Waals surface area contributed by atoms with Gasteiger partial charge >= 0.3 is 5.97 Å². The van der Waals surface area contributed by atoms with Crippen LogP contribution in [0.2, 0.25) is 0 Å². The molecule has 0 aliphatic heterocycles. The summed E-state index contributed by atoms with van der Waals surface area (Å²) in [5.74, 6) is -2.67. The molecule has 0 spiro atoms. The first-order chi connectivity index (χ1) is 19.1. The first kappa shape index (κ1) is 30.7. The monoisotopic (exact) mass is 571 g/mol. The third-order valence-corrected chi connectivity index (χ3v) is 7.18. The first-order valence-electron chi connectivity index (χ1n) is 13.0. The molecule has 40 heavy (non-hydrogen) atoms. The number of imidazole rings is 1. The largest absolute Gasteiger partial charge is 0.480 e. The quantitative estimate of drug-likeness (QED) is 0.140. The molecule has 4 atom stereocenters. The van der Waals surface area contributed by atoms with Crippen LogP contribution < -0.4 is 21.7 Å². The molecule has 4 unspecified atom stereocenters. The van der Waals surface area contributed by atoms with Gasteiger partial charge in [-0.25, -0.2) is 9.78 Å². The number of carboxylic acids is 1. The van der Waals surface area contributed by atoms with Crippen molar-refractivity contribution >= 4 is 46.4 Å². The van der Waals surface area contributed by atoms with Crippen molar-refractivity contribution in [2.24, 2.45) is 11.7 Å². The zero-order valence-electron chi connectivity index (χ0n) is 22.8. The predicted octanol–water partition coefficient (Wildman–Crippen LogP) is 0.952. The maximum absolute atomic E-state index is 13.5. The van der Waals surface area contributed by atoms with Gasteiger partial charge in [0, 0.05) is 41.8 Å². The number of carbonyl (C=O) groups is 4. The van der Waals surface area contributed by atoms with Crippen molar-refractivity contribution in [3.63, 3.8) is 0 Å². The van der Waals surface area contributed by atoms with Gasteiger partial charge in [0.05, 0.1) is 12.4 Å². The molecule has 13 heteroatoms. The summed E-state index contributed by atoms with van der Waals surface area (Å²) in [6.07, 6.45) is 7.20. The number of aromatic nitrogens is 3. The number of nitrogens with one attached hydrogen (secondary N) is 5. The van der Waals surface area contributed by atoms with Crippen LogP contribution in [0.25, 0.3) is 10.9 Å². The second-order valence-corrected chi connectivity index (χ2v) is 10.9. The number of rotatable bonds is 15. The molecule has 3 aromatic rings. The van der Waals surface area contributed by atoms with Gasteiger partial charge in [0.2, 0.25) is 17.7 Å². The fourth-order valence-electron chi connectivity index (χ4n) is 4.28. The van der Waals surface area contributed by atoms with Crippen molar-refractivity contribution < 1.29 is 24.3 Å². The number of hydrogen-bond donors (Lipinski definition) is 7. The number of benzene rings is 1. The molecule has 0 radical (unpaired) electrons. The van der Waals surface area contributed by atoms with E-state index in [4.69, 9.17) is 5.73 Å². The van der Waals surface area contributed by atoms with Crippen LogP contribution in [0.1, 0.15) is 31.5 Å². The molecule has 0 saturated carbocycles. The SMILES string of the molecule is CSCCC(NC(=O)C(Cc1c[nH]c2ccccc12)NC(=O)C(NC(=O)C(N)Cc1cnc[nH]1)C(C)C)C(=O)O. The number of carbonyl (C=O) groups excluding carboxylic acids is 3. The van der Waals surface area contributed by atoms with Gasteiger partial charge in [0.15, 0.2) is 0 Å². The minimum atomic E-state index is -1.15. The number of aromatic amines is 2. The molecule has 2 heterocycles. The van der Waals surface area contributed by atoms with E-state index in [-0.39, 0.29) is 25.2 Å². The number of aliphatic carboxylic acids is 1. The van der Waals surface area contributed by atoms with E-state index in [1.54, 1.807) is 26.2 Å². The lowest BCUT2D eigenvalue weighted by molar-refractivity contribution is -0.142. The van der Waals surface area contributed by atoms with E-state index in [1.165, 1.54) is 18.1 Å². The molecule has 2 aromatic heterocycles. The summed E-state index contributed by atoms with van der Waals surface area (Å²) in [5.41, 5.74) is 8.38. The van der Waals surface area contributed by atoms with Gasteiger partial charge in [-0.1, -0.05) is 32.0 Å². The van der Waals surface area contributed by atoms with Gasteiger partial charge < -0.3 is 36.8 Å². The number of H-pyrrole nitrogens is 2. The Morgan fingerprint density at radius 1 is 1.00 bits per heavy atom. The van der Waals surface area contributed by atoms with Crippen LogP contribution in [0.5, 0.6) is 0 Å². The van der Waals surface area contributed by atoms with E-state index < -0.39 is 47.9 Å². The third kappa shape index (κ3) is 8.33. The molecular formula is C27H37N7O5S. The molecule has 12 nitrogen and oxygen atoms in total. The molecule has 8 N–H and O–H groups in total. The van der Waals surface area contributed by atoms with Crippen molar-refractivity contribution in [1.29, 1.82) is 0 Å². The molecule has 3 rings (SSSR count). The molecular weight excluding hydrogens is 534 g/mol. The highest BCUT2D eigenvalue weighted by atomic mass is 32.2. The van der Waals surface area contributed by atoms with Crippen LogP contribution in [0.3, 0.4) is 0 Å². The number of para-hydroxylation sites is 1. The standard InChI is InChI=1S/C27H37N7O5S/c1-15(2)23(34-24(35)19(28)11-17-13-29-14-31-17)26(37)33-22(25(36)32-21(27(38)39)8-9-40-3)10-16-12-30-20-7-5-4-6-18(16)20/h4-7,12-15,19,21-23,30H,8-11,28H2,1-3H3,(H,29,31)(H,32,36)(H,33,37)(H,34,35)(H,38,39). The predicted molar refractivity (Wildman–Crippen MR) is 154 cm³/mol. The van der Waals surface area contributed by atoms with Crippen LogP contribution in [0, 0.1) is 5.92 Å². The third-order valence-electron chi connectivity index (χ3n) is 6.54. The van der Waals surface area contributed by atoms with Crippen molar-refractivity contribution in [3.8, 4) is 0 Å². The first-order valence-corrected chi connectivity index (χ1v) is 14.4. The van der Waals surface area contributed by atoms with Crippen LogP contribution in [-0.4, -0.2) is 79.9 Å². The number of nitrogens with two attached hydrogens (primary N) is 1. The highest BCUT2D eigenvalue weighted by molar-refractivity contribution is 7.98. The molecule has 0 aliphatic rings. The highest BCUT2D eigenvalue weighted by Crippen LogP contribution is 2.19. The fraction of sp³-hybridized carbons (Fsp3) is 0.444. The summed E-state index contributed by atoms with van der Waals surface area (Å²) in [5, 5.41) is 18.5. The Hall–Kier alpha value is -3.84.